The van der Waals surface area contributed by atoms with E-state index in [0.29, 0.717) is 17.0 Å². The van der Waals surface area contributed by atoms with Gasteiger partial charge < -0.3 is 10.1 Å². The van der Waals surface area contributed by atoms with Gasteiger partial charge in [0, 0.05) is 17.7 Å². The van der Waals surface area contributed by atoms with Crippen molar-refractivity contribution in [3.8, 4) is 0 Å². The van der Waals surface area contributed by atoms with E-state index in [9.17, 15) is 9.59 Å². The number of hydrogen-bond acceptors (Lipinski definition) is 5. The maximum Gasteiger partial charge on any atom is 0.433 e. The predicted molar refractivity (Wildman–Crippen MR) is 155 cm³/mol. The fourth-order valence-electron chi connectivity index (χ4n) is 4.33. The summed E-state index contributed by atoms with van der Waals surface area (Å²) in [5, 5.41) is 6.90. The lowest BCUT2D eigenvalue weighted by molar-refractivity contribution is -0.126. The number of unbranched alkanes of at least 4 members (excludes halogenated alkanes) is 10. The fourth-order valence-corrected chi connectivity index (χ4v) is 4.33. The summed E-state index contributed by atoms with van der Waals surface area (Å²) >= 11 is 0. The Kier molecular flexibility index (Phi) is 14.5. The summed E-state index contributed by atoms with van der Waals surface area (Å²) in [5.41, 5.74) is 0.0431. The summed E-state index contributed by atoms with van der Waals surface area (Å²) in [6.45, 7) is 7.63. The van der Waals surface area contributed by atoms with Gasteiger partial charge in [-0.25, -0.2) is 4.79 Å². The molecule has 0 saturated carbocycles. The Labute approximate surface area is 229 Å². The first-order valence-electron chi connectivity index (χ1n) is 14.5. The average molecular weight is 525 g/mol. The van der Waals surface area contributed by atoms with Crippen molar-refractivity contribution in [2.75, 3.05) is 0 Å². The van der Waals surface area contributed by atoms with E-state index in [1.165, 1.54) is 63.9 Å². The molecular formula is C32H48N2O4. The Morgan fingerprint density at radius 2 is 1.58 bits per heavy atom. The second-order valence-corrected chi connectivity index (χ2v) is 10.7. The minimum absolute atomic E-state index is 0.0162. The topological polar surface area (TPSA) is 77.0 Å². The summed E-state index contributed by atoms with van der Waals surface area (Å²) in [5.74, 6) is 0.141. The summed E-state index contributed by atoms with van der Waals surface area (Å²) in [6, 6.07) is 9.22. The van der Waals surface area contributed by atoms with E-state index in [2.05, 4.69) is 29.5 Å². The molecular weight excluding hydrogens is 476 g/mol. The van der Waals surface area contributed by atoms with Gasteiger partial charge in [0.2, 0.25) is 5.78 Å². The molecule has 2 rings (SSSR count). The standard InChI is InChI=1S/C32H48N2O4/c1-5-6-7-8-9-10-11-12-13-14-15-16-17-19-22-26(2)33-31(36)38-34-30(27-23-20-18-21-24-27)28-25-29(35)32(3,4)37-28/h12-13,18,20-21,23-26H,5-11,14-17,19,22H2,1-4H3,(H,33,36). The summed E-state index contributed by atoms with van der Waals surface area (Å²) < 4.78 is 5.79. The van der Waals surface area contributed by atoms with Crippen molar-refractivity contribution in [3.63, 3.8) is 0 Å². The smallest absolute Gasteiger partial charge is 0.433 e. The molecule has 0 aromatic heterocycles. The molecule has 210 valence electrons. The quantitative estimate of drug-likeness (QED) is 0.0687. The molecule has 0 spiro atoms. The number of oxime groups is 1. The molecule has 0 fully saturated rings. The minimum Gasteiger partial charge on any atom is -0.477 e. The summed E-state index contributed by atoms with van der Waals surface area (Å²) in [6.07, 6.45) is 21.4. The molecule has 1 heterocycles. The third kappa shape index (κ3) is 12.1. The van der Waals surface area contributed by atoms with Crippen molar-refractivity contribution in [1.29, 1.82) is 0 Å². The molecule has 1 aliphatic rings. The van der Waals surface area contributed by atoms with E-state index < -0.39 is 11.7 Å². The molecule has 0 saturated heterocycles. The van der Waals surface area contributed by atoms with Crippen molar-refractivity contribution in [1.82, 2.24) is 5.32 Å². The normalized spacial score (nSPS) is 15.8. The first kappa shape index (κ1) is 31.3. The van der Waals surface area contributed by atoms with Gasteiger partial charge in [-0.3, -0.25) is 9.63 Å². The Balaban J connectivity index is 1.64. The van der Waals surface area contributed by atoms with Crippen LogP contribution in [0, 0.1) is 0 Å². The molecule has 1 aromatic carbocycles. The SMILES string of the molecule is CCCCCCCCC=CCCCCCCC(C)NC(=O)ON=C(C1=CC(=O)C(C)(C)O1)c1ccccc1. The van der Waals surface area contributed by atoms with E-state index in [1.807, 2.05) is 37.3 Å². The Bertz CT molecular complexity index is 934. The van der Waals surface area contributed by atoms with Crippen LogP contribution in [0.25, 0.3) is 0 Å². The minimum atomic E-state index is -0.967. The molecule has 6 nitrogen and oxygen atoms in total. The zero-order chi connectivity index (χ0) is 27.6. The van der Waals surface area contributed by atoms with Crippen molar-refractivity contribution in [2.24, 2.45) is 5.16 Å². The Hall–Kier alpha value is -2.89. The van der Waals surface area contributed by atoms with Crippen LogP contribution in [0.3, 0.4) is 0 Å². The van der Waals surface area contributed by atoms with Crippen molar-refractivity contribution in [3.05, 3.63) is 59.9 Å². The van der Waals surface area contributed by atoms with Gasteiger partial charge in [0.1, 0.15) is 0 Å². The molecule has 1 N–H and O–H groups in total. The average Bonchev–Trinajstić information content (AvgIpc) is 3.16. The molecule has 1 aromatic rings. The number of rotatable bonds is 18. The monoisotopic (exact) mass is 524 g/mol. The second kappa shape index (κ2) is 17.6. The summed E-state index contributed by atoms with van der Waals surface area (Å²) in [4.78, 5) is 29.8. The van der Waals surface area contributed by atoms with Gasteiger partial charge in [-0.05, 0) is 52.9 Å². The second-order valence-electron chi connectivity index (χ2n) is 10.7. The van der Waals surface area contributed by atoms with Crippen LogP contribution in [0.1, 0.15) is 117 Å². The highest BCUT2D eigenvalue weighted by atomic mass is 16.7. The van der Waals surface area contributed by atoms with Gasteiger partial charge >= 0.3 is 6.09 Å². The van der Waals surface area contributed by atoms with Crippen LogP contribution in [0.15, 0.2) is 59.5 Å². The molecule has 1 atom stereocenters. The molecule has 1 aliphatic heterocycles. The van der Waals surface area contributed by atoms with Crippen LogP contribution in [-0.2, 0) is 14.4 Å². The maximum absolute atomic E-state index is 12.4. The number of benzene rings is 1. The largest absolute Gasteiger partial charge is 0.477 e. The van der Waals surface area contributed by atoms with Gasteiger partial charge in [-0.1, -0.05) is 106 Å². The molecule has 6 heteroatoms. The molecule has 0 radical (unpaired) electrons. The van der Waals surface area contributed by atoms with Crippen LogP contribution in [0.4, 0.5) is 4.79 Å². The third-order valence-electron chi connectivity index (χ3n) is 6.73. The number of amides is 1. The number of nitrogens with zero attached hydrogens (tertiary/aromatic N) is 1. The number of carbonyl (C=O) groups is 2. The number of ether oxygens (including phenoxy) is 1. The van der Waals surface area contributed by atoms with Gasteiger partial charge in [-0.2, -0.15) is 0 Å². The molecule has 0 bridgehead atoms. The highest BCUT2D eigenvalue weighted by molar-refractivity contribution is 6.16. The molecule has 1 amide bonds. The van der Waals surface area contributed by atoms with Crippen LogP contribution >= 0.6 is 0 Å². The van der Waals surface area contributed by atoms with Crippen molar-refractivity contribution >= 4 is 17.6 Å². The number of ketones is 1. The van der Waals surface area contributed by atoms with E-state index in [4.69, 9.17) is 9.57 Å². The lowest BCUT2D eigenvalue weighted by Crippen LogP contribution is -2.32. The lowest BCUT2D eigenvalue weighted by Gasteiger charge is -2.18. The highest BCUT2D eigenvalue weighted by Crippen LogP contribution is 2.27. The zero-order valence-electron chi connectivity index (χ0n) is 24.0. The Morgan fingerprint density at radius 1 is 0.974 bits per heavy atom. The van der Waals surface area contributed by atoms with Crippen LogP contribution < -0.4 is 5.32 Å². The van der Waals surface area contributed by atoms with Gasteiger partial charge in [0.25, 0.3) is 0 Å². The number of nitrogens with one attached hydrogen (secondary N) is 1. The number of allylic oxidation sites excluding steroid dienone is 3. The zero-order valence-corrected chi connectivity index (χ0v) is 24.0. The number of carbonyl (C=O) groups excluding carboxylic acids is 2. The maximum atomic E-state index is 12.4. The molecule has 1 unspecified atom stereocenters. The van der Waals surface area contributed by atoms with E-state index in [0.717, 1.165) is 25.7 Å². The van der Waals surface area contributed by atoms with E-state index in [1.54, 1.807) is 13.8 Å². The van der Waals surface area contributed by atoms with Crippen molar-refractivity contribution in [2.45, 2.75) is 123 Å². The third-order valence-corrected chi connectivity index (χ3v) is 6.73. The summed E-state index contributed by atoms with van der Waals surface area (Å²) in [7, 11) is 0. The first-order valence-corrected chi connectivity index (χ1v) is 14.5. The highest BCUT2D eigenvalue weighted by Gasteiger charge is 2.37. The number of hydrogen-bond donors (Lipinski definition) is 1. The Morgan fingerprint density at radius 3 is 2.18 bits per heavy atom. The van der Waals surface area contributed by atoms with Gasteiger partial charge in [0.05, 0.1) is 0 Å². The lowest BCUT2D eigenvalue weighted by atomic mass is 10.1. The fraction of sp³-hybridized carbons (Fsp3) is 0.594. The molecule has 0 aliphatic carbocycles. The van der Waals surface area contributed by atoms with Crippen LogP contribution in [0.2, 0.25) is 0 Å². The van der Waals surface area contributed by atoms with E-state index >= 15 is 0 Å². The van der Waals surface area contributed by atoms with Gasteiger partial charge in [-0.15, -0.1) is 0 Å². The first-order chi connectivity index (χ1) is 18.3. The van der Waals surface area contributed by atoms with E-state index in [-0.39, 0.29) is 11.8 Å². The predicted octanol–water partition coefficient (Wildman–Crippen LogP) is 8.41. The van der Waals surface area contributed by atoms with Gasteiger partial charge in [0.15, 0.2) is 17.1 Å². The van der Waals surface area contributed by atoms with Crippen LogP contribution in [0.5, 0.6) is 0 Å². The molecule has 38 heavy (non-hydrogen) atoms. The van der Waals surface area contributed by atoms with Crippen molar-refractivity contribution < 1.29 is 19.2 Å². The van der Waals surface area contributed by atoms with Crippen LogP contribution in [-0.4, -0.2) is 29.2 Å².